The summed E-state index contributed by atoms with van der Waals surface area (Å²) in [7, 11) is 0. The lowest BCUT2D eigenvalue weighted by atomic mass is 9.52. The van der Waals surface area contributed by atoms with Gasteiger partial charge in [0.25, 0.3) is 5.91 Å². The summed E-state index contributed by atoms with van der Waals surface area (Å²) in [4.78, 5) is 15.4. The van der Waals surface area contributed by atoms with Crippen LogP contribution >= 0.6 is 0 Å². The van der Waals surface area contributed by atoms with Crippen molar-refractivity contribution in [1.29, 1.82) is 0 Å². The first-order valence-electron chi connectivity index (χ1n) is 13.0. The zero-order valence-corrected chi connectivity index (χ0v) is 20.3. The van der Waals surface area contributed by atoms with Crippen LogP contribution < -0.4 is 10.1 Å². The van der Waals surface area contributed by atoms with Gasteiger partial charge in [-0.25, -0.2) is 0 Å². The van der Waals surface area contributed by atoms with E-state index in [1.165, 1.54) is 38.5 Å². The standard InChI is InChI=1S/C29H38N2O3/c1-2-31(29-15-22-12-23(16-29)14-24(13-22)17-29)19-25(32)20-34-27-11-7-6-10-26(27)28(33)30-18-21-8-4-3-5-9-21/h3-11,22-25,32H,2,12-20H2,1H3,(H,30,33). The molecule has 2 aromatic carbocycles. The van der Waals surface area contributed by atoms with Crippen LogP contribution in [-0.4, -0.2) is 47.3 Å². The molecule has 4 fully saturated rings. The molecule has 34 heavy (non-hydrogen) atoms. The molecule has 4 aliphatic rings. The predicted molar refractivity (Wildman–Crippen MR) is 134 cm³/mol. The number of carbonyl (C=O) groups excluding carboxylic acids is 1. The van der Waals surface area contributed by atoms with E-state index in [9.17, 15) is 9.90 Å². The van der Waals surface area contributed by atoms with Crippen LogP contribution in [0.25, 0.3) is 0 Å². The molecule has 6 rings (SSSR count). The molecule has 2 aromatic rings. The summed E-state index contributed by atoms with van der Waals surface area (Å²) in [5, 5.41) is 13.9. The first kappa shape index (κ1) is 23.4. The van der Waals surface area contributed by atoms with Gasteiger partial charge in [0.1, 0.15) is 18.5 Å². The highest BCUT2D eigenvalue weighted by atomic mass is 16.5. The van der Waals surface area contributed by atoms with Crippen molar-refractivity contribution in [3.63, 3.8) is 0 Å². The molecule has 0 aliphatic heterocycles. The number of benzene rings is 2. The van der Waals surface area contributed by atoms with Crippen LogP contribution in [0.4, 0.5) is 0 Å². The second-order valence-electron chi connectivity index (χ2n) is 10.8. The molecule has 2 N–H and O–H groups in total. The van der Waals surface area contributed by atoms with Crippen LogP contribution in [0.15, 0.2) is 54.6 Å². The smallest absolute Gasteiger partial charge is 0.255 e. The number of nitrogens with one attached hydrogen (secondary N) is 1. The van der Waals surface area contributed by atoms with Crippen LogP contribution in [0.5, 0.6) is 5.75 Å². The number of rotatable bonds is 10. The molecular formula is C29H38N2O3. The molecule has 0 saturated heterocycles. The van der Waals surface area contributed by atoms with Crippen molar-refractivity contribution in [2.45, 2.75) is 63.6 Å². The Bertz CT molecular complexity index is 941. The molecular weight excluding hydrogens is 424 g/mol. The fourth-order valence-electron chi connectivity index (χ4n) is 7.26. The number of hydrogen-bond donors (Lipinski definition) is 2. The lowest BCUT2D eigenvalue weighted by molar-refractivity contribution is -0.0995. The molecule has 4 saturated carbocycles. The van der Waals surface area contributed by atoms with Gasteiger partial charge in [0.2, 0.25) is 0 Å². The number of nitrogens with zero attached hydrogens (tertiary/aromatic N) is 1. The van der Waals surface area contributed by atoms with E-state index in [1.807, 2.05) is 42.5 Å². The summed E-state index contributed by atoms with van der Waals surface area (Å²) in [5.41, 5.74) is 1.83. The highest BCUT2D eigenvalue weighted by molar-refractivity contribution is 5.96. The molecule has 0 radical (unpaired) electrons. The Morgan fingerprint density at radius 2 is 1.65 bits per heavy atom. The third-order valence-electron chi connectivity index (χ3n) is 8.35. The van der Waals surface area contributed by atoms with Gasteiger partial charge in [0, 0.05) is 18.6 Å². The van der Waals surface area contributed by atoms with E-state index in [2.05, 4.69) is 17.1 Å². The van der Waals surface area contributed by atoms with Gasteiger partial charge in [-0.2, -0.15) is 0 Å². The van der Waals surface area contributed by atoms with Crippen LogP contribution in [0.3, 0.4) is 0 Å². The first-order chi connectivity index (χ1) is 16.5. The SMILES string of the molecule is CCN(CC(O)COc1ccccc1C(=O)NCc1ccccc1)C12CC3CC(CC(C3)C1)C2. The second kappa shape index (κ2) is 10.1. The maximum atomic E-state index is 12.8. The number of aliphatic hydroxyl groups is 1. The molecule has 1 amide bonds. The minimum atomic E-state index is -0.589. The van der Waals surface area contributed by atoms with E-state index in [-0.39, 0.29) is 18.1 Å². The number of ether oxygens (including phenoxy) is 1. The normalized spacial score (nSPS) is 28.1. The van der Waals surface area contributed by atoms with Crippen molar-refractivity contribution in [2.75, 3.05) is 19.7 Å². The molecule has 0 heterocycles. The number of aliphatic hydroxyl groups excluding tert-OH is 1. The number of para-hydroxylation sites is 1. The predicted octanol–water partition coefficient (Wildman–Crippen LogP) is 4.65. The fraction of sp³-hybridized carbons (Fsp3) is 0.552. The molecule has 1 atom stereocenters. The summed E-state index contributed by atoms with van der Waals surface area (Å²) in [6.07, 6.45) is 7.57. The number of β-amino-alcohol motifs (C(OH)–C–C–N with tert-alkyl or cyclic N) is 1. The summed E-state index contributed by atoms with van der Waals surface area (Å²) >= 11 is 0. The van der Waals surface area contributed by atoms with Gasteiger partial charge in [-0.05, 0) is 80.5 Å². The number of hydrogen-bond acceptors (Lipinski definition) is 4. The van der Waals surface area contributed by atoms with Crippen LogP contribution in [0.2, 0.25) is 0 Å². The van der Waals surface area contributed by atoms with Crippen molar-refractivity contribution in [3.8, 4) is 5.75 Å². The van der Waals surface area contributed by atoms with E-state index >= 15 is 0 Å². The first-order valence-corrected chi connectivity index (χ1v) is 13.0. The van der Waals surface area contributed by atoms with Crippen molar-refractivity contribution in [3.05, 3.63) is 65.7 Å². The Morgan fingerprint density at radius 1 is 1.03 bits per heavy atom. The summed E-state index contributed by atoms with van der Waals surface area (Å²) in [6.45, 7) is 4.46. The van der Waals surface area contributed by atoms with E-state index in [4.69, 9.17) is 4.74 Å². The Kier molecular flexibility index (Phi) is 6.94. The highest BCUT2D eigenvalue weighted by Gasteiger charge is 2.53. The monoisotopic (exact) mass is 462 g/mol. The highest BCUT2D eigenvalue weighted by Crippen LogP contribution is 2.57. The summed E-state index contributed by atoms with van der Waals surface area (Å²) in [5.74, 6) is 3.00. The van der Waals surface area contributed by atoms with Crippen LogP contribution in [-0.2, 0) is 6.54 Å². The lowest BCUT2D eigenvalue weighted by Crippen LogP contribution is -2.61. The van der Waals surface area contributed by atoms with E-state index in [0.717, 1.165) is 29.9 Å². The Morgan fingerprint density at radius 3 is 2.29 bits per heavy atom. The van der Waals surface area contributed by atoms with Crippen molar-refractivity contribution in [2.24, 2.45) is 17.8 Å². The van der Waals surface area contributed by atoms with Gasteiger partial charge in [0.05, 0.1) is 5.56 Å². The topological polar surface area (TPSA) is 61.8 Å². The lowest BCUT2D eigenvalue weighted by Gasteiger charge is -2.60. The number of amides is 1. The Labute approximate surface area is 203 Å². The summed E-state index contributed by atoms with van der Waals surface area (Å²) in [6, 6.07) is 17.1. The maximum absolute atomic E-state index is 12.8. The summed E-state index contributed by atoms with van der Waals surface area (Å²) < 4.78 is 6.00. The Balaban J connectivity index is 1.18. The van der Waals surface area contributed by atoms with Gasteiger partial charge in [-0.3, -0.25) is 9.69 Å². The van der Waals surface area contributed by atoms with E-state index < -0.39 is 6.10 Å². The van der Waals surface area contributed by atoms with Gasteiger partial charge in [-0.15, -0.1) is 0 Å². The number of carbonyl (C=O) groups is 1. The maximum Gasteiger partial charge on any atom is 0.255 e. The van der Waals surface area contributed by atoms with Gasteiger partial charge >= 0.3 is 0 Å². The molecule has 5 heteroatoms. The average Bonchev–Trinajstić information content (AvgIpc) is 2.84. The molecule has 5 nitrogen and oxygen atoms in total. The van der Waals surface area contributed by atoms with Gasteiger partial charge in [-0.1, -0.05) is 49.4 Å². The minimum absolute atomic E-state index is 0.169. The fourth-order valence-corrected chi connectivity index (χ4v) is 7.26. The largest absolute Gasteiger partial charge is 0.490 e. The van der Waals surface area contributed by atoms with E-state index in [1.54, 1.807) is 12.1 Å². The van der Waals surface area contributed by atoms with Crippen LogP contribution in [0, 0.1) is 17.8 Å². The average molecular weight is 463 g/mol. The Hall–Kier alpha value is -2.37. The van der Waals surface area contributed by atoms with Crippen molar-refractivity contribution >= 4 is 5.91 Å². The third kappa shape index (κ3) is 5.01. The zero-order chi connectivity index (χ0) is 23.5. The molecule has 1 unspecified atom stereocenters. The second-order valence-corrected chi connectivity index (χ2v) is 10.8. The van der Waals surface area contributed by atoms with Crippen molar-refractivity contribution in [1.82, 2.24) is 10.2 Å². The van der Waals surface area contributed by atoms with Crippen LogP contribution in [0.1, 0.15) is 61.4 Å². The molecule has 4 bridgehead atoms. The number of likely N-dealkylation sites (N-methyl/N-ethyl adjacent to an activating group) is 1. The van der Waals surface area contributed by atoms with E-state index in [0.29, 0.717) is 24.4 Å². The minimum Gasteiger partial charge on any atom is -0.490 e. The molecule has 182 valence electrons. The van der Waals surface area contributed by atoms with Gasteiger partial charge < -0.3 is 15.2 Å². The third-order valence-corrected chi connectivity index (χ3v) is 8.35. The molecule has 4 aliphatic carbocycles. The van der Waals surface area contributed by atoms with Gasteiger partial charge in [0.15, 0.2) is 0 Å². The molecule has 0 spiro atoms. The zero-order valence-electron chi connectivity index (χ0n) is 20.3. The molecule has 0 aromatic heterocycles. The quantitative estimate of drug-likeness (QED) is 0.540. The van der Waals surface area contributed by atoms with Crippen molar-refractivity contribution < 1.29 is 14.6 Å².